The molecule has 0 rings (SSSR count). The molecule has 0 saturated heterocycles. The monoisotopic (exact) mass is 232 g/mol. The summed E-state index contributed by atoms with van der Waals surface area (Å²) in [6.45, 7) is 6.31. The van der Waals surface area contributed by atoms with Gasteiger partial charge in [0, 0.05) is 40.9 Å². The van der Waals surface area contributed by atoms with Gasteiger partial charge in [-0.2, -0.15) is 0 Å². The molecule has 6 heteroatoms. The van der Waals surface area contributed by atoms with E-state index >= 15 is 0 Å². The van der Waals surface area contributed by atoms with E-state index in [9.17, 15) is 9.13 Å². The molecule has 0 heterocycles. The van der Waals surface area contributed by atoms with Crippen molar-refractivity contribution >= 4 is 14.7 Å². The minimum atomic E-state index is -2.15. The molecule has 0 fully saturated rings. The molecule has 0 bridgehead atoms. The quantitative estimate of drug-likeness (QED) is 0.687. The summed E-state index contributed by atoms with van der Waals surface area (Å²) in [5, 5.41) is 0. The molecular formula is C7H22O4P2. The van der Waals surface area contributed by atoms with E-state index in [2.05, 4.69) is 9.05 Å². The zero-order chi connectivity index (χ0) is 10.4. The van der Waals surface area contributed by atoms with Crippen LogP contribution in [0.3, 0.4) is 0 Å². The molecule has 0 aliphatic rings. The van der Waals surface area contributed by atoms with Crippen LogP contribution < -0.4 is 0 Å². The molecule has 0 N–H and O–H groups in total. The highest BCUT2D eigenvalue weighted by atomic mass is 31.2. The molecule has 0 aromatic carbocycles. The van der Waals surface area contributed by atoms with E-state index in [1.54, 1.807) is 26.7 Å². The van der Waals surface area contributed by atoms with Crippen LogP contribution in [0, 0.1) is 0 Å². The third-order valence-corrected chi connectivity index (χ3v) is 2.64. The summed E-state index contributed by atoms with van der Waals surface area (Å²) < 4.78 is 29.7. The van der Waals surface area contributed by atoms with E-state index in [-0.39, 0.29) is 7.43 Å². The van der Waals surface area contributed by atoms with Gasteiger partial charge in [-0.1, -0.05) is 7.43 Å². The predicted octanol–water partition coefficient (Wildman–Crippen LogP) is 2.98. The Morgan fingerprint density at radius 3 is 0.846 bits per heavy atom. The molecule has 0 aliphatic carbocycles. The molecule has 0 radical (unpaired) electrons. The molecule has 13 heavy (non-hydrogen) atoms. The molecule has 0 saturated carbocycles. The van der Waals surface area contributed by atoms with Crippen LogP contribution in [0.15, 0.2) is 0 Å². The average Bonchev–Trinajstić information content (AvgIpc) is 1.86. The first-order valence-electron chi connectivity index (χ1n) is 3.34. The SMILES string of the molecule is C.COP(C)(C)=O.COP(C)(C)=O. The van der Waals surface area contributed by atoms with Gasteiger partial charge in [0.1, 0.15) is 0 Å². The minimum Gasteiger partial charge on any atom is -0.332 e. The summed E-state index contributed by atoms with van der Waals surface area (Å²) in [6, 6.07) is 0. The van der Waals surface area contributed by atoms with Crippen molar-refractivity contribution in [3.63, 3.8) is 0 Å². The second-order valence-electron chi connectivity index (χ2n) is 2.87. The maximum atomic E-state index is 10.4. The van der Waals surface area contributed by atoms with Crippen molar-refractivity contribution < 1.29 is 18.2 Å². The molecule has 4 nitrogen and oxygen atoms in total. The number of hydrogen-bond acceptors (Lipinski definition) is 4. The van der Waals surface area contributed by atoms with Crippen LogP contribution in [0.5, 0.6) is 0 Å². The maximum absolute atomic E-state index is 10.4. The van der Waals surface area contributed by atoms with Gasteiger partial charge in [0.25, 0.3) is 0 Å². The summed E-state index contributed by atoms with van der Waals surface area (Å²) in [5.41, 5.74) is 0. The first kappa shape index (κ1) is 19.0. The van der Waals surface area contributed by atoms with Crippen LogP contribution in [0.4, 0.5) is 0 Å². The van der Waals surface area contributed by atoms with Crippen LogP contribution in [0.25, 0.3) is 0 Å². The second-order valence-corrected chi connectivity index (χ2v) is 8.61. The smallest absolute Gasteiger partial charge is 0.196 e. The van der Waals surface area contributed by atoms with E-state index in [4.69, 9.17) is 0 Å². The van der Waals surface area contributed by atoms with Gasteiger partial charge in [-0.05, 0) is 0 Å². The van der Waals surface area contributed by atoms with Gasteiger partial charge in [0.15, 0.2) is 14.7 Å². The first-order valence-corrected chi connectivity index (χ1v) is 8.37. The van der Waals surface area contributed by atoms with E-state index in [1.807, 2.05) is 0 Å². The topological polar surface area (TPSA) is 52.6 Å². The Balaban J connectivity index is -0.000000143. The summed E-state index contributed by atoms with van der Waals surface area (Å²) in [7, 11) is -1.40. The van der Waals surface area contributed by atoms with Crippen LogP contribution in [-0.2, 0) is 18.2 Å². The van der Waals surface area contributed by atoms with Gasteiger partial charge >= 0.3 is 0 Å². The van der Waals surface area contributed by atoms with Gasteiger partial charge < -0.3 is 9.05 Å². The van der Waals surface area contributed by atoms with E-state index in [0.29, 0.717) is 0 Å². The largest absolute Gasteiger partial charge is 0.332 e. The van der Waals surface area contributed by atoms with Gasteiger partial charge in [-0.15, -0.1) is 0 Å². The summed E-state index contributed by atoms with van der Waals surface area (Å²) in [6.07, 6.45) is 0. The fourth-order valence-electron chi connectivity index (χ4n) is 0. The predicted molar refractivity (Wildman–Crippen MR) is 59.7 cm³/mol. The Labute approximate surface area is 81.9 Å². The van der Waals surface area contributed by atoms with Crippen molar-refractivity contribution in [2.24, 2.45) is 0 Å². The summed E-state index contributed by atoms with van der Waals surface area (Å²) >= 11 is 0. The molecule has 0 aromatic heterocycles. The summed E-state index contributed by atoms with van der Waals surface area (Å²) in [4.78, 5) is 0. The first-order chi connectivity index (χ1) is 5.12. The fourth-order valence-corrected chi connectivity index (χ4v) is 0. The third kappa shape index (κ3) is 32.8. The highest BCUT2D eigenvalue weighted by molar-refractivity contribution is 7.57. The maximum Gasteiger partial charge on any atom is 0.196 e. The van der Waals surface area contributed by atoms with Gasteiger partial charge in [0.2, 0.25) is 0 Å². The van der Waals surface area contributed by atoms with Gasteiger partial charge in [0.05, 0.1) is 0 Å². The van der Waals surface area contributed by atoms with E-state index in [0.717, 1.165) is 0 Å². The van der Waals surface area contributed by atoms with Crippen LogP contribution >= 0.6 is 14.7 Å². The lowest BCUT2D eigenvalue weighted by atomic mass is 11.8. The highest BCUT2D eigenvalue weighted by Gasteiger charge is 1.99. The van der Waals surface area contributed by atoms with E-state index < -0.39 is 14.7 Å². The van der Waals surface area contributed by atoms with Crippen LogP contribution in [0.1, 0.15) is 7.43 Å². The Morgan fingerprint density at radius 1 is 0.769 bits per heavy atom. The summed E-state index contributed by atoms with van der Waals surface area (Å²) in [5.74, 6) is 0. The molecular weight excluding hydrogens is 210 g/mol. The lowest BCUT2D eigenvalue weighted by molar-refractivity contribution is 0.403. The van der Waals surface area contributed by atoms with Crippen molar-refractivity contribution in [2.75, 3.05) is 40.9 Å². The van der Waals surface area contributed by atoms with Crippen LogP contribution in [-0.4, -0.2) is 40.9 Å². The van der Waals surface area contributed by atoms with Crippen molar-refractivity contribution in [3.8, 4) is 0 Å². The fraction of sp³-hybridized carbons (Fsp3) is 1.00. The van der Waals surface area contributed by atoms with Gasteiger partial charge in [-0.3, -0.25) is 9.13 Å². The average molecular weight is 232 g/mol. The Morgan fingerprint density at radius 2 is 0.846 bits per heavy atom. The zero-order valence-corrected chi connectivity index (χ0v) is 10.3. The van der Waals surface area contributed by atoms with E-state index in [1.165, 1.54) is 14.2 Å². The molecule has 0 spiro atoms. The molecule has 0 unspecified atom stereocenters. The van der Waals surface area contributed by atoms with Crippen LogP contribution in [0.2, 0.25) is 0 Å². The second kappa shape index (κ2) is 7.75. The molecule has 0 aromatic rings. The number of hydrogen-bond donors (Lipinski definition) is 0. The highest BCUT2D eigenvalue weighted by Crippen LogP contribution is 2.35. The van der Waals surface area contributed by atoms with Crippen molar-refractivity contribution in [3.05, 3.63) is 0 Å². The Hall–Kier alpha value is 0.380. The molecule has 0 aliphatic heterocycles. The number of rotatable bonds is 2. The van der Waals surface area contributed by atoms with Gasteiger partial charge in [-0.25, -0.2) is 0 Å². The molecule has 0 atom stereocenters. The Bertz CT molecular complexity index is 169. The minimum absolute atomic E-state index is 0. The lowest BCUT2D eigenvalue weighted by Crippen LogP contribution is -1.74. The zero-order valence-electron chi connectivity index (χ0n) is 8.53. The standard InChI is InChI=1S/2C3H9O2P.CH4/c2*1-5-6(2,3)4;/h2*1-3H3;1H4. The molecule has 0 amide bonds. The van der Waals surface area contributed by atoms with Crippen molar-refractivity contribution in [1.29, 1.82) is 0 Å². The van der Waals surface area contributed by atoms with Crippen molar-refractivity contribution in [2.45, 2.75) is 7.43 Å². The lowest BCUT2D eigenvalue weighted by Gasteiger charge is -1.98. The normalized spacial score (nSPS) is 10.9. The van der Waals surface area contributed by atoms with Crippen molar-refractivity contribution in [1.82, 2.24) is 0 Å². The third-order valence-electron chi connectivity index (χ3n) is 0.879. The Kier molecular flexibility index (Phi) is 11.4. The molecule has 84 valence electrons.